The zero-order valence-electron chi connectivity index (χ0n) is 15.8. The third-order valence-electron chi connectivity index (χ3n) is 5.21. The number of rotatable bonds is 5. The van der Waals surface area contributed by atoms with Crippen LogP contribution >= 0.6 is 0 Å². The van der Waals surface area contributed by atoms with Crippen LogP contribution in [0.4, 0.5) is 0 Å². The van der Waals surface area contributed by atoms with Crippen LogP contribution in [0.1, 0.15) is 18.4 Å². The quantitative estimate of drug-likeness (QED) is 0.763. The fourth-order valence-electron chi connectivity index (χ4n) is 3.75. The largest absolute Gasteiger partial charge is 0.375 e. The van der Waals surface area contributed by atoms with Crippen LogP contribution < -0.4 is 0 Å². The van der Waals surface area contributed by atoms with Gasteiger partial charge in [-0.05, 0) is 12.0 Å². The lowest BCUT2D eigenvalue weighted by Gasteiger charge is -2.24. The summed E-state index contributed by atoms with van der Waals surface area (Å²) in [6.45, 7) is 3.37. The van der Waals surface area contributed by atoms with Gasteiger partial charge < -0.3 is 19.4 Å². The minimum Gasteiger partial charge on any atom is -0.375 e. The molecule has 1 aromatic carbocycles. The summed E-state index contributed by atoms with van der Waals surface area (Å²) >= 11 is 0. The van der Waals surface area contributed by atoms with Crippen LogP contribution in [0.5, 0.6) is 0 Å². The summed E-state index contributed by atoms with van der Waals surface area (Å²) in [5, 5.41) is 0. The molecule has 146 valence electrons. The van der Waals surface area contributed by atoms with E-state index >= 15 is 0 Å². The van der Waals surface area contributed by atoms with Gasteiger partial charge in [0, 0.05) is 52.8 Å². The minimum absolute atomic E-state index is 0.0277. The van der Waals surface area contributed by atoms with Gasteiger partial charge in [0.1, 0.15) is 6.61 Å². The molecule has 3 amide bonds. The number of likely N-dealkylation sites (tertiary alicyclic amines) is 1. The van der Waals surface area contributed by atoms with Crippen molar-refractivity contribution < 1.29 is 19.1 Å². The molecular weight excluding hydrogens is 346 g/mol. The van der Waals surface area contributed by atoms with Crippen LogP contribution in [0.2, 0.25) is 0 Å². The molecule has 0 aliphatic carbocycles. The monoisotopic (exact) mass is 373 g/mol. The maximum atomic E-state index is 12.9. The molecule has 0 N–H and O–H groups in total. The summed E-state index contributed by atoms with van der Waals surface area (Å²) in [4.78, 5) is 42.6. The van der Waals surface area contributed by atoms with Gasteiger partial charge in [0.25, 0.3) is 0 Å². The Morgan fingerprint density at radius 3 is 2.52 bits per heavy atom. The first-order chi connectivity index (χ1) is 13.1. The van der Waals surface area contributed by atoms with Gasteiger partial charge in [-0.2, -0.15) is 0 Å². The molecule has 0 spiro atoms. The fourth-order valence-corrected chi connectivity index (χ4v) is 3.75. The number of carbonyl (C=O) groups excluding carboxylic acids is 3. The second kappa shape index (κ2) is 8.99. The van der Waals surface area contributed by atoms with Crippen molar-refractivity contribution in [2.45, 2.75) is 19.4 Å². The van der Waals surface area contributed by atoms with Gasteiger partial charge in [-0.3, -0.25) is 14.4 Å². The van der Waals surface area contributed by atoms with Gasteiger partial charge in [0.2, 0.25) is 17.7 Å². The molecule has 1 unspecified atom stereocenters. The number of hydrogen-bond donors (Lipinski definition) is 0. The van der Waals surface area contributed by atoms with E-state index in [0.717, 1.165) is 12.0 Å². The number of benzene rings is 1. The topological polar surface area (TPSA) is 70.2 Å². The molecule has 3 rings (SSSR count). The normalized spacial score (nSPS) is 20.7. The molecule has 0 aromatic heterocycles. The molecule has 2 fully saturated rings. The molecule has 1 atom stereocenters. The highest BCUT2D eigenvalue weighted by atomic mass is 16.5. The standard InChI is InChI=1S/C20H27N3O4/c1-27-15-19(25)21-8-5-9-22(11-10-21)20(26)17-12-18(24)23(14-17)13-16-6-3-2-4-7-16/h2-4,6-7,17H,5,8-15H2,1H3. The predicted molar refractivity (Wildman–Crippen MR) is 99.6 cm³/mol. The molecule has 1 aromatic rings. The van der Waals surface area contributed by atoms with Crippen LogP contribution in [0.25, 0.3) is 0 Å². The molecule has 7 heteroatoms. The summed E-state index contributed by atoms with van der Waals surface area (Å²) in [5.41, 5.74) is 1.07. The molecule has 7 nitrogen and oxygen atoms in total. The summed E-state index contributed by atoms with van der Waals surface area (Å²) in [6, 6.07) is 9.83. The van der Waals surface area contributed by atoms with Crippen molar-refractivity contribution >= 4 is 17.7 Å². The Labute approximate surface area is 159 Å². The average Bonchev–Trinajstić information content (AvgIpc) is 2.88. The smallest absolute Gasteiger partial charge is 0.248 e. The highest BCUT2D eigenvalue weighted by molar-refractivity contribution is 5.89. The summed E-state index contributed by atoms with van der Waals surface area (Å²) in [6.07, 6.45) is 1.02. The summed E-state index contributed by atoms with van der Waals surface area (Å²) < 4.78 is 4.91. The van der Waals surface area contributed by atoms with Gasteiger partial charge in [-0.15, -0.1) is 0 Å². The molecule has 2 aliphatic rings. The second-order valence-corrected chi connectivity index (χ2v) is 7.15. The Morgan fingerprint density at radius 1 is 1.07 bits per heavy atom. The number of amides is 3. The van der Waals surface area contributed by atoms with E-state index in [4.69, 9.17) is 4.74 Å². The Bertz CT molecular complexity index is 679. The maximum Gasteiger partial charge on any atom is 0.248 e. The second-order valence-electron chi connectivity index (χ2n) is 7.15. The highest BCUT2D eigenvalue weighted by Crippen LogP contribution is 2.23. The Hall–Kier alpha value is -2.41. The average molecular weight is 373 g/mol. The van der Waals surface area contributed by atoms with E-state index in [1.807, 2.05) is 35.2 Å². The maximum absolute atomic E-state index is 12.9. The van der Waals surface area contributed by atoms with Gasteiger partial charge >= 0.3 is 0 Å². The first-order valence-corrected chi connectivity index (χ1v) is 9.45. The number of hydrogen-bond acceptors (Lipinski definition) is 4. The van der Waals surface area contributed by atoms with E-state index in [1.165, 1.54) is 7.11 Å². The van der Waals surface area contributed by atoms with Crippen LogP contribution in [0.3, 0.4) is 0 Å². The summed E-state index contributed by atoms with van der Waals surface area (Å²) in [5.74, 6) is -0.275. The zero-order chi connectivity index (χ0) is 19.2. The lowest BCUT2D eigenvalue weighted by atomic mass is 10.1. The number of methoxy groups -OCH3 is 1. The third-order valence-corrected chi connectivity index (χ3v) is 5.21. The molecule has 0 bridgehead atoms. The molecule has 2 heterocycles. The summed E-state index contributed by atoms with van der Waals surface area (Å²) in [7, 11) is 1.50. The first kappa shape index (κ1) is 19.4. The SMILES string of the molecule is COCC(=O)N1CCCN(C(=O)C2CC(=O)N(Cc3ccccc3)C2)CC1. The van der Waals surface area contributed by atoms with Crippen LogP contribution in [0, 0.1) is 5.92 Å². The lowest BCUT2D eigenvalue weighted by molar-refractivity contribution is -0.137. The number of nitrogens with zero attached hydrogens (tertiary/aromatic N) is 3. The number of ether oxygens (including phenoxy) is 1. The first-order valence-electron chi connectivity index (χ1n) is 9.45. The van der Waals surface area contributed by atoms with Crippen LogP contribution in [-0.4, -0.2) is 78.9 Å². The van der Waals surface area contributed by atoms with Gasteiger partial charge in [-0.1, -0.05) is 30.3 Å². The van der Waals surface area contributed by atoms with Crippen molar-refractivity contribution in [3.8, 4) is 0 Å². The minimum atomic E-state index is -0.289. The number of carbonyl (C=O) groups is 3. The molecule has 0 radical (unpaired) electrons. The van der Waals surface area contributed by atoms with Gasteiger partial charge in [0.05, 0.1) is 5.92 Å². The van der Waals surface area contributed by atoms with E-state index in [-0.39, 0.29) is 36.7 Å². The molecule has 2 aliphatic heterocycles. The zero-order valence-corrected chi connectivity index (χ0v) is 15.8. The highest BCUT2D eigenvalue weighted by Gasteiger charge is 2.37. The van der Waals surface area contributed by atoms with Crippen molar-refractivity contribution in [2.75, 3.05) is 46.4 Å². The molecule has 0 saturated carbocycles. The van der Waals surface area contributed by atoms with E-state index in [1.54, 1.807) is 9.80 Å². The van der Waals surface area contributed by atoms with Crippen molar-refractivity contribution in [3.05, 3.63) is 35.9 Å². The van der Waals surface area contributed by atoms with E-state index in [0.29, 0.717) is 39.3 Å². The third kappa shape index (κ3) is 4.86. The Balaban J connectivity index is 1.55. The van der Waals surface area contributed by atoms with Crippen molar-refractivity contribution in [1.82, 2.24) is 14.7 Å². The molecular formula is C20H27N3O4. The van der Waals surface area contributed by atoms with Gasteiger partial charge in [-0.25, -0.2) is 0 Å². The molecule has 2 saturated heterocycles. The van der Waals surface area contributed by atoms with Crippen LogP contribution in [0.15, 0.2) is 30.3 Å². The van der Waals surface area contributed by atoms with Crippen molar-refractivity contribution in [2.24, 2.45) is 5.92 Å². The van der Waals surface area contributed by atoms with Crippen molar-refractivity contribution in [1.29, 1.82) is 0 Å². The lowest BCUT2D eigenvalue weighted by Crippen LogP contribution is -2.41. The van der Waals surface area contributed by atoms with Crippen molar-refractivity contribution in [3.63, 3.8) is 0 Å². The Morgan fingerprint density at radius 2 is 1.78 bits per heavy atom. The Kier molecular flexibility index (Phi) is 6.45. The van der Waals surface area contributed by atoms with Crippen LogP contribution in [-0.2, 0) is 25.7 Å². The fraction of sp³-hybridized carbons (Fsp3) is 0.550. The van der Waals surface area contributed by atoms with E-state index in [2.05, 4.69) is 0 Å². The van der Waals surface area contributed by atoms with Gasteiger partial charge in [0.15, 0.2) is 0 Å². The van der Waals surface area contributed by atoms with E-state index < -0.39 is 0 Å². The van der Waals surface area contributed by atoms with E-state index in [9.17, 15) is 14.4 Å². The molecule has 27 heavy (non-hydrogen) atoms. The predicted octanol–water partition coefficient (Wildman–Crippen LogP) is 0.742.